The summed E-state index contributed by atoms with van der Waals surface area (Å²) in [6.07, 6.45) is 4.35. The van der Waals surface area contributed by atoms with Crippen molar-refractivity contribution in [3.63, 3.8) is 0 Å². The first-order valence-electron chi connectivity index (χ1n) is 8.33. The van der Waals surface area contributed by atoms with Gasteiger partial charge in [0.25, 0.3) is 0 Å². The molecule has 25 heavy (non-hydrogen) atoms. The van der Waals surface area contributed by atoms with Gasteiger partial charge in [-0.1, -0.05) is 72.8 Å². The zero-order chi connectivity index (χ0) is 17.1. The van der Waals surface area contributed by atoms with Gasteiger partial charge in [-0.05, 0) is 23.3 Å². The molecule has 0 radical (unpaired) electrons. The second-order valence-electron chi connectivity index (χ2n) is 5.90. The summed E-state index contributed by atoms with van der Waals surface area (Å²) in [7, 11) is 1.71. The van der Waals surface area contributed by atoms with Crippen LogP contribution in [0.2, 0.25) is 0 Å². The molecule has 0 N–H and O–H groups in total. The molecule has 0 saturated carbocycles. The molecule has 2 nitrogen and oxygen atoms in total. The third kappa shape index (κ3) is 2.94. The van der Waals surface area contributed by atoms with Crippen LogP contribution in [-0.4, -0.2) is 11.7 Å². The minimum atomic E-state index is 0.858. The van der Waals surface area contributed by atoms with Crippen molar-refractivity contribution in [2.24, 2.45) is 0 Å². The molecular formula is C23H19NO. The largest absolute Gasteiger partial charge is 0.495 e. The summed E-state index contributed by atoms with van der Waals surface area (Å²) in [4.78, 5) is 0. The molecule has 0 spiro atoms. The van der Waals surface area contributed by atoms with E-state index in [1.165, 1.54) is 22.3 Å². The zero-order valence-electron chi connectivity index (χ0n) is 14.1. The van der Waals surface area contributed by atoms with E-state index in [-0.39, 0.29) is 0 Å². The Morgan fingerprint density at radius 1 is 0.600 bits per heavy atom. The second-order valence-corrected chi connectivity index (χ2v) is 5.90. The lowest BCUT2D eigenvalue weighted by molar-refractivity contribution is 0.413. The summed E-state index contributed by atoms with van der Waals surface area (Å²) in [5.41, 5.74) is 5.85. The molecule has 4 aromatic rings. The average Bonchev–Trinajstić information content (AvgIpc) is 3.14. The zero-order valence-corrected chi connectivity index (χ0v) is 14.1. The van der Waals surface area contributed by atoms with E-state index in [1.807, 2.05) is 30.3 Å². The lowest BCUT2D eigenvalue weighted by Crippen LogP contribution is -1.94. The SMILES string of the molecule is COc1ccccc1-n1cc(-c2ccccc2)c(-c2ccccc2)c1. The van der Waals surface area contributed by atoms with Gasteiger partial charge in [0.15, 0.2) is 0 Å². The van der Waals surface area contributed by atoms with Crippen LogP contribution in [0.5, 0.6) is 5.75 Å². The number of rotatable bonds is 4. The number of nitrogens with zero attached hydrogens (tertiary/aromatic N) is 1. The van der Waals surface area contributed by atoms with E-state index in [2.05, 4.69) is 71.6 Å². The van der Waals surface area contributed by atoms with Gasteiger partial charge < -0.3 is 9.30 Å². The molecule has 0 unspecified atom stereocenters. The van der Waals surface area contributed by atoms with Crippen molar-refractivity contribution < 1.29 is 4.74 Å². The first-order valence-corrected chi connectivity index (χ1v) is 8.33. The van der Waals surface area contributed by atoms with E-state index >= 15 is 0 Å². The molecule has 4 rings (SSSR count). The van der Waals surface area contributed by atoms with E-state index in [0.29, 0.717) is 0 Å². The number of aromatic nitrogens is 1. The van der Waals surface area contributed by atoms with Crippen LogP contribution < -0.4 is 4.74 Å². The highest BCUT2D eigenvalue weighted by atomic mass is 16.5. The Bertz CT molecular complexity index is 914. The number of hydrogen-bond donors (Lipinski definition) is 0. The van der Waals surface area contributed by atoms with Crippen molar-refractivity contribution in [1.29, 1.82) is 0 Å². The van der Waals surface area contributed by atoms with Gasteiger partial charge >= 0.3 is 0 Å². The Morgan fingerprint density at radius 2 is 1.08 bits per heavy atom. The summed E-state index contributed by atoms with van der Waals surface area (Å²) in [5, 5.41) is 0. The van der Waals surface area contributed by atoms with Gasteiger partial charge in [0, 0.05) is 23.5 Å². The highest BCUT2D eigenvalue weighted by Crippen LogP contribution is 2.35. The lowest BCUT2D eigenvalue weighted by atomic mass is 9.99. The standard InChI is InChI=1S/C23H19NO/c1-25-23-15-9-8-14-22(23)24-16-20(18-10-4-2-5-11-18)21(17-24)19-12-6-3-7-13-19/h2-17H,1H3. The van der Waals surface area contributed by atoms with Crippen molar-refractivity contribution in [2.45, 2.75) is 0 Å². The van der Waals surface area contributed by atoms with Crippen LogP contribution in [0.3, 0.4) is 0 Å². The van der Waals surface area contributed by atoms with E-state index in [0.717, 1.165) is 11.4 Å². The number of hydrogen-bond acceptors (Lipinski definition) is 1. The Morgan fingerprint density at radius 3 is 1.60 bits per heavy atom. The van der Waals surface area contributed by atoms with Crippen molar-refractivity contribution in [3.05, 3.63) is 97.3 Å². The maximum Gasteiger partial charge on any atom is 0.142 e. The minimum absolute atomic E-state index is 0.858. The van der Waals surface area contributed by atoms with Gasteiger partial charge in [0.2, 0.25) is 0 Å². The molecule has 0 saturated heterocycles. The summed E-state index contributed by atoms with van der Waals surface area (Å²) in [5.74, 6) is 0.858. The maximum absolute atomic E-state index is 5.54. The molecule has 0 aliphatic carbocycles. The Balaban J connectivity index is 1.93. The van der Waals surface area contributed by atoms with Crippen LogP contribution in [-0.2, 0) is 0 Å². The second kappa shape index (κ2) is 6.70. The molecule has 0 bridgehead atoms. The molecule has 0 fully saturated rings. The molecule has 0 amide bonds. The van der Waals surface area contributed by atoms with Gasteiger partial charge in [-0.25, -0.2) is 0 Å². The van der Waals surface area contributed by atoms with E-state index in [9.17, 15) is 0 Å². The maximum atomic E-state index is 5.54. The number of ether oxygens (including phenoxy) is 1. The molecular weight excluding hydrogens is 306 g/mol. The third-order valence-electron chi connectivity index (χ3n) is 4.36. The summed E-state index contributed by atoms with van der Waals surface area (Å²) in [6.45, 7) is 0. The van der Waals surface area contributed by atoms with Crippen molar-refractivity contribution in [1.82, 2.24) is 4.57 Å². The molecule has 0 aliphatic rings. The van der Waals surface area contributed by atoms with E-state index < -0.39 is 0 Å². The Labute approximate surface area is 148 Å². The predicted octanol–water partition coefficient (Wildman–Crippen LogP) is 5.82. The first-order chi connectivity index (χ1) is 12.4. The summed E-state index contributed by atoms with van der Waals surface area (Å²) >= 11 is 0. The van der Waals surface area contributed by atoms with Gasteiger partial charge in [0.05, 0.1) is 12.8 Å². The highest BCUT2D eigenvalue weighted by molar-refractivity contribution is 5.84. The highest BCUT2D eigenvalue weighted by Gasteiger charge is 2.13. The fourth-order valence-electron chi connectivity index (χ4n) is 3.13. The molecule has 3 aromatic carbocycles. The number of benzene rings is 3. The summed E-state index contributed by atoms with van der Waals surface area (Å²) < 4.78 is 7.68. The first kappa shape index (κ1) is 15.3. The average molecular weight is 325 g/mol. The molecule has 0 aliphatic heterocycles. The molecule has 2 heteroatoms. The molecule has 122 valence electrons. The molecule has 1 aromatic heterocycles. The Kier molecular flexibility index (Phi) is 4.09. The van der Waals surface area contributed by atoms with Crippen molar-refractivity contribution >= 4 is 0 Å². The number of methoxy groups -OCH3 is 1. The van der Waals surface area contributed by atoms with Gasteiger partial charge in [-0.2, -0.15) is 0 Å². The minimum Gasteiger partial charge on any atom is -0.495 e. The topological polar surface area (TPSA) is 14.2 Å². The lowest BCUT2D eigenvalue weighted by Gasteiger charge is -2.08. The monoisotopic (exact) mass is 325 g/mol. The fourth-order valence-corrected chi connectivity index (χ4v) is 3.13. The van der Waals surface area contributed by atoms with Crippen LogP contribution >= 0.6 is 0 Å². The quantitative estimate of drug-likeness (QED) is 0.461. The predicted molar refractivity (Wildman–Crippen MR) is 103 cm³/mol. The van der Waals surface area contributed by atoms with Crippen LogP contribution in [0.1, 0.15) is 0 Å². The Hall–Kier alpha value is -3.26. The van der Waals surface area contributed by atoms with Gasteiger partial charge in [0.1, 0.15) is 5.75 Å². The van der Waals surface area contributed by atoms with Crippen LogP contribution in [0.15, 0.2) is 97.3 Å². The van der Waals surface area contributed by atoms with Crippen LogP contribution in [0.25, 0.3) is 27.9 Å². The third-order valence-corrected chi connectivity index (χ3v) is 4.36. The normalized spacial score (nSPS) is 10.6. The smallest absolute Gasteiger partial charge is 0.142 e. The summed E-state index contributed by atoms with van der Waals surface area (Å²) in [6, 6.07) is 29.0. The van der Waals surface area contributed by atoms with Gasteiger partial charge in [-0.15, -0.1) is 0 Å². The van der Waals surface area contributed by atoms with Crippen molar-refractivity contribution in [2.75, 3.05) is 7.11 Å². The van der Waals surface area contributed by atoms with E-state index in [1.54, 1.807) is 7.11 Å². The van der Waals surface area contributed by atoms with Crippen molar-refractivity contribution in [3.8, 4) is 33.7 Å². The van der Waals surface area contributed by atoms with Crippen LogP contribution in [0.4, 0.5) is 0 Å². The molecule has 1 heterocycles. The number of para-hydroxylation sites is 2. The molecule has 0 atom stereocenters. The van der Waals surface area contributed by atoms with Gasteiger partial charge in [-0.3, -0.25) is 0 Å². The van der Waals surface area contributed by atoms with E-state index in [4.69, 9.17) is 4.74 Å². The van der Waals surface area contributed by atoms with Crippen LogP contribution in [0, 0.1) is 0 Å². The fraction of sp³-hybridized carbons (Fsp3) is 0.0435.